The topological polar surface area (TPSA) is 81.2 Å². The van der Waals surface area contributed by atoms with E-state index in [1.807, 2.05) is 62.6 Å². The van der Waals surface area contributed by atoms with Gasteiger partial charge in [-0.2, -0.15) is 5.10 Å². The lowest BCUT2D eigenvalue weighted by molar-refractivity contribution is 0.0574. The number of carbonyl (C=O) groups excluding carboxylic acids is 1. The summed E-state index contributed by atoms with van der Waals surface area (Å²) in [6.07, 6.45) is 8.29. The van der Waals surface area contributed by atoms with E-state index in [0.29, 0.717) is 5.92 Å². The van der Waals surface area contributed by atoms with Crippen molar-refractivity contribution in [1.82, 2.24) is 15.1 Å². The summed E-state index contributed by atoms with van der Waals surface area (Å²) < 4.78 is 0. The number of aromatic amines is 1. The van der Waals surface area contributed by atoms with Crippen LogP contribution in [0.4, 0.5) is 5.69 Å². The number of aryl methyl sites for hydroxylation is 1. The van der Waals surface area contributed by atoms with Crippen LogP contribution in [0.5, 0.6) is 0 Å². The van der Waals surface area contributed by atoms with Gasteiger partial charge in [0.05, 0.1) is 21.7 Å². The van der Waals surface area contributed by atoms with Gasteiger partial charge in [-0.15, -0.1) is 11.3 Å². The molecule has 0 radical (unpaired) electrons. The number of aromatic nitrogens is 2. The van der Waals surface area contributed by atoms with Crippen molar-refractivity contribution in [3.8, 4) is 0 Å². The Kier molecular flexibility index (Phi) is 8.31. The Morgan fingerprint density at radius 1 is 1.18 bits per heavy atom. The molecule has 0 atom stereocenters. The first-order valence-corrected chi connectivity index (χ1v) is 14.7. The van der Waals surface area contributed by atoms with Crippen LogP contribution in [-0.2, 0) is 6.54 Å². The average molecular weight is 543 g/mol. The van der Waals surface area contributed by atoms with Crippen LogP contribution in [0.1, 0.15) is 71.6 Å². The van der Waals surface area contributed by atoms with E-state index in [1.165, 1.54) is 16.9 Å². The summed E-state index contributed by atoms with van der Waals surface area (Å²) in [4.78, 5) is 16.4. The number of anilines is 1. The zero-order valence-electron chi connectivity index (χ0n) is 23.0. The molecule has 1 aliphatic heterocycles. The van der Waals surface area contributed by atoms with Gasteiger partial charge in [0.25, 0.3) is 5.91 Å². The van der Waals surface area contributed by atoms with Gasteiger partial charge < -0.3 is 10.4 Å². The standard InChI is InChI=1S/C32H38N4O2S/c1-22-15-19-39-30(22)31(37)33-29-20-24(21-36-17-13-23(14-18-36)12-16-32(2,3)38)8-9-25(29)10-11-28-26-6-4-5-7-27(26)34-35-28/h4-11,15,19-20,23,38H,12-14,16-18,21H2,1-3H3,(H,33,37)(H,34,35). The maximum Gasteiger partial charge on any atom is 0.266 e. The molecule has 2 aromatic heterocycles. The van der Waals surface area contributed by atoms with E-state index in [-0.39, 0.29) is 5.91 Å². The third-order valence-corrected chi connectivity index (χ3v) is 8.65. The molecule has 6 nitrogen and oxygen atoms in total. The molecule has 1 fully saturated rings. The number of rotatable bonds is 9. The van der Waals surface area contributed by atoms with Crippen LogP contribution in [0.25, 0.3) is 23.1 Å². The molecule has 39 heavy (non-hydrogen) atoms. The lowest BCUT2D eigenvalue weighted by Crippen LogP contribution is -2.34. The number of likely N-dealkylation sites (tertiary alicyclic amines) is 1. The van der Waals surface area contributed by atoms with Crippen LogP contribution in [0.3, 0.4) is 0 Å². The van der Waals surface area contributed by atoms with E-state index in [1.54, 1.807) is 0 Å². The van der Waals surface area contributed by atoms with Gasteiger partial charge in [-0.3, -0.25) is 14.8 Å². The van der Waals surface area contributed by atoms with Gasteiger partial charge in [0.2, 0.25) is 0 Å². The van der Waals surface area contributed by atoms with Gasteiger partial charge in [-0.25, -0.2) is 0 Å². The molecular formula is C32H38N4O2S. The number of piperidine rings is 1. The highest BCUT2D eigenvalue weighted by atomic mass is 32.1. The first kappa shape index (κ1) is 27.3. The summed E-state index contributed by atoms with van der Waals surface area (Å²) in [6.45, 7) is 8.73. The fourth-order valence-electron chi connectivity index (χ4n) is 5.27. The molecule has 1 aliphatic rings. The Morgan fingerprint density at radius 3 is 2.72 bits per heavy atom. The number of hydrogen-bond acceptors (Lipinski definition) is 5. The van der Waals surface area contributed by atoms with E-state index in [0.717, 1.165) is 83.6 Å². The minimum Gasteiger partial charge on any atom is -0.390 e. The van der Waals surface area contributed by atoms with Crippen molar-refractivity contribution in [3.63, 3.8) is 0 Å². The number of aliphatic hydroxyl groups is 1. The molecule has 0 aliphatic carbocycles. The molecule has 0 unspecified atom stereocenters. The molecule has 3 N–H and O–H groups in total. The SMILES string of the molecule is Cc1ccsc1C(=O)Nc1cc(CN2CCC(CCC(C)(C)O)CC2)ccc1C=Cc1n[nH]c2ccccc12. The Morgan fingerprint density at radius 2 is 1.97 bits per heavy atom. The molecule has 0 bridgehead atoms. The van der Waals surface area contributed by atoms with Crippen LogP contribution < -0.4 is 5.32 Å². The second-order valence-electron chi connectivity index (χ2n) is 11.4. The van der Waals surface area contributed by atoms with Crippen molar-refractivity contribution >= 4 is 46.0 Å². The number of thiophene rings is 1. The van der Waals surface area contributed by atoms with E-state index in [2.05, 4.69) is 44.7 Å². The summed E-state index contributed by atoms with van der Waals surface area (Å²) in [5.74, 6) is 0.606. The molecule has 204 valence electrons. The number of H-pyrrole nitrogens is 1. The summed E-state index contributed by atoms with van der Waals surface area (Å²) in [6, 6.07) is 16.4. The number of fused-ring (bicyclic) bond motifs is 1. The second-order valence-corrected chi connectivity index (χ2v) is 12.3. The Balaban J connectivity index is 1.32. The number of nitrogens with zero attached hydrogens (tertiary/aromatic N) is 2. The van der Waals surface area contributed by atoms with E-state index < -0.39 is 5.60 Å². The molecule has 4 aromatic rings. The lowest BCUT2D eigenvalue weighted by Gasteiger charge is -2.33. The monoisotopic (exact) mass is 542 g/mol. The molecule has 7 heteroatoms. The highest BCUT2D eigenvalue weighted by Gasteiger charge is 2.22. The zero-order valence-corrected chi connectivity index (χ0v) is 23.9. The maximum atomic E-state index is 13.2. The molecule has 0 spiro atoms. The minimum atomic E-state index is -0.583. The number of hydrogen-bond donors (Lipinski definition) is 3. The lowest BCUT2D eigenvalue weighted by atomic mass is 9.88. The Labute approximate surface area is 234 Å². The molecule has 5 rings (SSSR count). The van der Waals surface area contributed by atoms with Gasteiger partial charge in [0, 0.05) is 17.6 Å². The molecule has 1 amide bonds. The Bertz CT molecular complexity index is 1450. The molecule has 3 heterocycles. The average Bonchev–Trinajstić information content (AvgIpc) is 3.53. The molecular weight excluding hydrogens is 504 g/mol. The summed E-state index contributed by atoms with van der Waals surface area (Å²) >= 11 is 1.47. The quantitative estimate of drug-likeness (QED) is 0.210. The minimum absolute atomic E-state index is 0.0767. The fourth-order valence-corrected chi connectivity index (χ4v) is 6.09. The first-order chi connectivity index (χ1) is 18.7. The number of benzene rings is 2. The Hall–Kier alpha value is -3.26. The predicted octanol–water partition coefficient (Wildman–Crippen LogP) is 7.12. The van der Waals surface area contributed by atoms with Crippen molar-refractivity contribution in [3.05, 3.63) is 81.2 Å². The van der Waals surface area contributed by atoms with Gasteiger partial charge in [-0.1, -0.05) is 36.4 Å². The number of nitrogens with one attached hydrogen (secondary N) is 2. The normalized spacial score (nSPS) is 15.4. The van der Waals surface area contributed by atoms with Crippen LogP contribution in [-0.4, -0.2) is 44.8 Å². The molecule has 2 aromatic carbocycles. The van der Waals surface area contributed by atoms with Crippen molar-refractivity contribution < 1.29 is 9.90 Å². The van der Waals surface area contributed by atoms with Crippen molar-refractivity contribution in [2.75, 3.05) is 18.4 Å². The highest BCUT2D eigenvalue weighted by Crippen LogP contribution is 2.28. The highest BCUT2D eigenvalue weighted by molar-refractivity contribution is 7.12. The van der Waals surface area contributed by atoms with Crippen molar-refractivity contribution in [2.45, 2.75) is 58.6 Å². The number of amides is 1. The molecule has 0 saturated carbocycles. The van der Waals surface area contributed by atoms with Crippen molar-refractivity contribution in [1.29, 1.82) is 0 Å². The van der Waals surface area contributed by atoms with E-state index in [4.69, 9.17) is 0 Å². The van der Waals surface area contributed by atoms with Crippen LogP contribution >= 0.6 is 11.3 Å². The zero-order chi connectivity index (χ0) is 27.4. The third kappa shape index (κ3) is 7.04. The smallest absolute Gasteiger partial charge is 0.266 e. The van der Waals surface area contributed by atoms with Gasteiger partial charge in [-0.05, 0) is 112 Å². The number of para-hydroxylation sites is 1. The first-order valence-electron chi connectivity index (χ1n) is 13.8. The second kappa shape index (κ2) is 11.9. The summed E-state index contributed by atoms with van der Waals surface area (Å²) in [5.41, 5.74) is 5.21. The predicted molar refractivity (Wildman–Crippen MR) is 162 cm³/mol. The van der Waals surface area contributed by atoms with Crippen LogP contribution in [0, 0.1) is 12.8 Å². The summed E-state index contributed by atoms with van der Waals surface area (Å²) in [5, 5.41) is 23.8. The van der Waals surface area contributed by atoms with Gasteiger partial charge in [0.1, 0.15) is 0 Å². The van der Waals surface area contributed by atoms with Gasteiger partial charge >= 0.3 is 0 Å². The van der Waals surface area contributed by atoms with E-state index in [9.17, 15) is 9.90 Å². The van der Waals surface area contributed by atoms with Crippen molar-refractivity contribution in [2.24, 2.45) is 5.92 Å². The van der Waals surface area contributed by atoms with Crippen LogP contribution in [0.15, 0.2) is 53.9 Å². The largest absolute Gasteiger partial charge is 0.390 e. The van der Waals surface area contributed by atoms with E-state index >= 15 is 0 Å². The maximum absolute atomic E-state index is 13.2. The molecule has 1 saturated heterocycles. The number of carbonyl (C=O) groups is 1. The fraction of sp³-hybridized carbons (Fsp3) is 0.375. The van der Waals surface area contributed by atoms with Gasteiger partial charge in [0.15, 0.2) is 0 Å². The van der Waals surface area contributed by atoms with Crippen LogP contribution in [0.2, 0.25) is 0 Å². The third-order valence-electron chi connectivity index (χ3n) is 7.63. The summed E-state index contributed by atoms with van der Waals surface area (Å²) in [7, 11) is 0.